The molecule has 0 rings (SSSR count). The number of rotatable bonds is 12. The molecule has 0 bridgehead atoms. The van der Waals surface area contributed by atoms with E-state index in [0.717, 1.165) is 38.5 Å². The zero-order chi connectivity index (χ0) is 13.0. The Kier molecular flexibility index (Phi) is 11.2. The van der Waals surface area contributed by atoms with Gasteiger partial charge in [-0.2, -0.15) is 0 Å². The van der Waals surface area contributed by atoms with Crippen molar-refractivity contribution >= 4 is 7.60 Å². The van der Waals surface area contributed by atoms with E-state index in [1.54, 1.807) is 0 Å². The second-order valence-corrected chi connectivity index (χ2v) is 6.20. The average Bonchev–Trinajstić information content (AvgIpc) is 2.28. The Hall–Kier alpha value is 0.0700. The first-order valence-electron chi connectivity index (χ1n) is 6.39. The van der Waals surface area contributed by atoms with Crippen LogP contribution in [0.5, 0.6) is 0 Å². The first-order valence-corrected chi connectivity index (χ1v) is 8.38. The normalized spacial score (nSPS) is 11.9. The Morgan fingerprint density at radius 2 is 1.24 bits per heavy atom. The Morgan fingerprint density at radius 3 is 1.59 bits per heavy atom. The molecule has 0 radical (unpaired) electrons. The van der Waals surface area contributed by atoms with E-state index in [-0.39, 0.29) is 0 Å². The fourth-order valence-electron chi connectivity index (χ4n) is 1.34. The minimum absolute atomic E-state index is 0.483. The molecule has 0 aliphatic carbocycles. The molecule has 5 nitrogen and oxygen atoms in total. The van der Waals surface area contributed by atoms with Gasteiger partial charge in [0.05, 0.1) is 13.2 Å². The van der Waals surface area contributed by atoms with Crippen molar-refractivity contribution in [3.8, 4) is 0 Å². The summed E-state index contributed by atoms with van der Waals surface area (Å²) in [4.78, 5) is 0. The lowest BCUT2D eigenvalue weighted by molar-refractivity contribution is 0.202. The van der Waals surface area contributed by atoms with Crippen molar-refractivity contribution in [2.45, 2.75) is 38.5 Å². The summed E-state index contributed by atoms with van der Waals surface area (Å²) in [6.45, 7) is 3.88. The maximum atomic E-state index is 11.8. The number of hydrogen-bond donors (Lipinski definition) is 2. The van der Waals surface area contributed by atoms with Crippen LogP contribution in [0.2, 0.25) is 0 Å². The Morgan fingerprint density at radius 1 is 0.824 bits per heavy atom. The lowest BCUT2D eigenvalue weighted by atomic mass is 10.2. The molecule has 104 valence electrons. The summed E-state index contributed by atoms with van der Waals surface area (Å²) >= 11 is 0. The smallest absolute Gasteiger partial charge is 0.327 e. The van der Waals surface area contributed by atoms with Crippen molar-refractivity contribution in [2.24, 2.45) is 11.5 Å². The molecule has 0 aliphatic rings. The second kappa shape index (κ2) is 11.2. The monoisotopic (exact) mass is 266 g/mol. The molecule has 4 N–H and O–H groups in total. The number of nitrogens with two attached hydrogens (primary N) is 2. The zero-order valence-corrected chi connectivity index (χ0v) is 11.8. The summed E-state index contributed by atoms with van der Waals surface area (Å²) < 4.78 is 22.3. The van der Waals surface area contributed by atoms with Crippen LogP contribution >= 0.6 is 7.60 Å². The van der Waals surface area contributed by atoms with Gasteiger partial charge in [0, 0.05) is 6.66 Å². The highest BCUT2D eigenvalue weighted by molar-refractivity contribution is 7.52. The lowest BCUT2D eigenvalue weighted by Crippen LogP contribution is -2.02. The lowest BCUT2D eigenvalue weighted by Gasteiger charge is -2.14. The van der Waals surface area contributed by atoms with Crippen LogP contribution in [-0.4, -0.2) is 33.0 Å². The topological polar surface area (TPSA) is 87.6 Å². The highest BCUT2D eigenvalue weighted by Crippen LogP contribution is 2.44. The highest BCUT2D eigenvalue weighted by Gasteiger charge is 2.15. The van der Waals surface area contributed by atoms with Crippen molar-refractivity contribution in [3.63, 3.8) is 0 Å². The van der Waals surface area contributed by atoms with E-state index in [2.05, 4.69) is 0 Å². The molecule has 0 saturated carbocycles. The summed E-state index contributed by atoms with van der Waals surface area (Å²) in [5.74, 6) is 0. The van der Waals surface area contributed by atoms with Gasteiger partial charge < -0.3 is 20.5 Å². The molecule has 0 aliphatic heterocycles. The molecule has 0 aromatic heterocycles. The van der Waals surface area contributed by atoms with Crippen molar-refractivity contribution in [1.29, 1.82) is 0 Å². The molecule has 0 fully saturated rings. The molecule has 0 unspecified atom stereocenters. The van der Waals surface area contributed by atoms with Crippen molar-refractivity contribution in [3.05, 3.63) is 0 Å². The predicted molar refractivity (Wildman–Crippen MR) is 71.2 cm³/mol. The molecule has 0 spiro atoms. The van der Waals surface area contributed by atoms with Gasteiger partial charge in [-0.05, 0) is 51.6 Å². The van der Waals surface area contributed by atoms with Gasteiger partial charge in [0.15, 0.2) is 0 Å². The number of unbranched alkanes of at least 4 members (excludes halogenated alkanes) is 4. The minimum Gasteiger partial charge on any atom is -0.330 e. The van der Waals surface area contributed by atoms with Crippen LogP contribution in [0, 0.1) is 0 Å². The third-order valence-corrected chi connectivity index (χ3v) is 3.65. The van der Waals surface area contributed by atoms with Gasteiger partial charge in [-0.15, -0.1) is 0 Å². The molecule has 0 aromatic rings. The van der Waals surface area contributed by atoms with Crippen LogP contribution in [0.3, 0.4) is 0 Å². The Labute approximate surface area is 105 Å². The van der Waals surface area contributed by atoms with E-state index >= 15 is 0 Å². The van der Waals surface area contributed by atoms with E-state index in [0.29, 0.717) is 26.3 Å². The molecular weight excluding hydrogens is 239 g/mol. The first-order chi connectivity index (χ1) is 8.12. The van der Waals surface area contributed by atoms with E-state index < -0.39 is 7.60 Å². The summed E-state index contributed by atoms with van der Waals surface area (Å²) in [7, 11) is -2.85. The van der Waals surface area contributed by atoms with E-state index in [4.69, 9.17) is 20.5 Å². The summed E-state index contributed by atoms with van der Waals surface area (Å²) in [5.41, 5.74) is 10.7. The molecule has 0 heterocycles. The zero-order valence-electron chi connectivity index (χ0n) is 10.9. The summed E-state index contributed by atoms with van der Waals surface area (Å²) in [6.07, 6.45) is 5.74. The molecule has 0 saturated heterocycles. The fraction of sp³-hybridized carbons (Fsp3) is 1.00. The summed E-state index contributed by atoms with van der Waals surface area (Å²) in [6, 6.07) is 0. The van der Waals surface area contributed by atoms with Gasteiger partial charge in [-0.25, -0.2) is 0 Å². The molecule has 6 heteroatoms. The van der Waals surface area contributed by atoms with Crippen LogP contribution in [0.1, 0.15) is 38.5 Å². The van der Waals surface area contributed by atoms with Crippen molar-refractivity contribution < 1.29 is 13.6 Å². The third kappa shape index (κ3) is 12.3. The van der Waals surface area contributed by atoms with Crippen LogP contribution in [0.15, 0.2) is 0 Å². The molecular formula is C11H27N2O3P. The Balaban J connectivity index is 3.42. The van der Waals surface area contributed by atoms with Crippen LogP contribution < -0.4 is 11.5 Å². The van der Waals surface area contributed by atoms with Crippen LogP contribution in [0.25, 0.3) is 0 Å². The van der Waals surface area contributed by atoms with Gasteiger partial charge in [-0.3, -0.25) is 4.57 Å². The van der Waals surface area contributed by atoms with Crippen molar-refractivity contribution in [2.75, 3.05) is 33.0 Å². The van der Waals surface area contributed by atoms with E-state index in [9.17, 15) is 4.57 Å². The first kappa shape index (κ1) is 17.1. The van der Waals surface area contributed by atoms with E-state index in [1.165, 1.54) is 6.66 Å². The van der Waals surface area contributed by atoms with Gasteiger partial charge in [0.1, 0.15) is 0 Å². The Bertz CT molecular complexity index is 197. The SMILES string of the molecule is CP(=O)(OCCCCCN)OCCCCCN. The van der Waals surface area contributed by atoms with E-state index in [1.807, 2.05) is 0 Å². The van der Waals surface area contributed by atoms with Gasteiger partial charge in [-0.1, -0.05) is 0 Å². The minimum atomic E-state index is -2.85. The van der Waals surface area contributed by atoms with Crippen molar-refractivity contribution in [1.82, 2.24) is 0 Å². The highest BCUT2D eigenvalue weighted by atomic mass is 31.2. The largest absolute Gasteiger partial charge is 0.330 e. The average molecular weight is 266 g/mol. The maximum Gasteiger partial charge on any atom is 0.327 e. The van der Waals surface area contributed by atoms with Gasteiger partial charge >= 0.3 is 7.60 Å². The van der Waals surface area contributed by atoms with Crippen LogP contribution in [0.4, 0.5) is 0 Å². The van der Waals surface area contributed by atoms with Gasteiger partial charge in [0.25, 0.3) is 0 Å². The quantitative estimate of drug-likeness (QED) is 0.417. The summed E-state index contributed by atoms with van der Waals surface area (Å²) in [5, 5.41) is 0. The fourth-order valence-corrected chi connectivity index (χ4v) is 2.34. The molecule has 0 amide bonds. The second-order valence-electron chi connectivity index (χ2n) is 4.14. The maximum absolute atomic E-state index is 11.8. The molecule has 0 aromatic carbocycles. The molecule has 0 atom stereocenters. The van der Waals surface area contributed by atoms with Crippen LogP contribution in [-0.2, 0) is 13.6 Å². The standard InChI is InChI=1S/C11H27N2O3P/c1-17(14,15-10-6-2-4-8-12)16-11-7-3-5-9-13/h2-13H2,1H3. The molecule has 17 heavy (non-hydrogen) atoms. The number of hydrogen-bond acceptors (Lipinski definition) is 5. The van der Waals surface area contributed by atoms with Gasteiger partial charge in [0.2, 0.25) is 0 Å². The third-order valence-electron chi connectivity index (χ3n) is 2.35. The predicted octanol–water partition coefficient (Wildman–Crippen LogP) is 2.10.